The first-order chi connectivity index (χ1) is 14.3. The highest BCUT2D eigenvalue weighted by molar-refractivity contribution is 7.99. The van der Waals surface area contributed by atoms with Crippen LogP contribution in [0.5, 0.6) is 0 Å². The molecule has 1 aromatic carbocycles. The van der Waals surface area contributed by atoms with Crippen molar-refractivity contribution in [2.75, 3.05) is 43.6 Å². The van der Waals surface area contributed by atoms with Crippen LogP contribution in [0.25, 0.3) is 0 Å². The van der Waals surface area contributed by atoms with Crippen LogP contribution in [0.3, 0.4) is 0 Å². The van der Waals surface area contributed by atoms with Crippen molar-refractivity contribution in [1.82, 2.24) is 10.3 Å². The van der Waals surface area contributed by atoms with Crippen molar-refractivity contribution >= 4 is 23.5 Å². The number of anilines is 1. The van der Waals surface area contributed by atoms with Crippen LogP contribution in [0.15, 0.2) is 47.5 Å². The van der Waals surface area contributed by atoms with E-state index in [-0.39, 0.29) is 5.91 Å². The third kappa shape index (κ3) is 5.50. The van der Waals surface area contributed by atoms with E-state index >= 15 is 0 Å². The van der Waals surface area contributed by atoms with Crippen molar-refractivity contribution in [3.8, 4) is 0 Å². The molecule has 2 aromatic rings. The Labute approximate surface area is 176 Å². The van der Waals surface area contributed by atoms with Gasteiger partial charge in [-0.05, 0) is 36.6 Å². The van der Waals surface area contributed by atoms with E-state index in [1.807, 2.05) is 42.6 Å². The van der Waals surface area contributed by atoms with Crippen LogP contribution in [0, 0.1) is 0 Å². The largest absolute Gasteiger partial charge is 0.378 e. The highest BCUT2D eigenvalue weighted by Crippen LogP contribution is 2.26. The molecule has 2 aliphatic rings. The molecule has 0 aliphatic carbocycles. The van der Waals surface area contributed by atoms with Crippen molar-refractivity contribution in [2.45, 2.75) is 30.4 Å². The molecule has 7 heteroatoms. The molecule has 0 bridgehead atoms. The Morgan fingerprint density at radius 2 is 2.03 bits per heavy atom. The summed E-state index contributed by atoms with van der Waals surface area (Å²) in [6.45, 7) is 4.52. The fourth-order valence-electron chi connectivity index (χ4n) is 3.52. The molecule has 1 amide bonds. The molecule has 2 aliphatic heterocycles. The third-order valence-corrected chi connectivity index (χ3v) is 6.38. The number of ether oxygens (including phenoxy) is 2. The van der Waals surface area contributed by atoms with Gasteiger partial charge in [-0.15, -0.1) is 11.8 Å². The van der Waals surface area contributed by atoms with Gasteiger partial charge in [-0.3, -0.25) is 4.79 Å². The number of benzene rings is 1. The highest BCUT2D eigenvalue weighted by atomic mass is 32.2. The number of hydrogen-bond acceptors (Lipinski definition) is 6. The Morgan fingerprint density at radius 3 is 2.79 bits per heavy atom. The van der Waals surface area contributed by atoms with Crippen LogP contribution >= 0.6 is 11.8 Å². The van der Waals surface area contributed by atoms with Gasteiger partial charge in [-0.2, -0.15) is 0 Å². The van der Waals surface area contributed by atoms with E-state index in [1.54, 1.807) is 11.8 Å². The maximum atomic E-state index is 12.8. The van der Waals surface area contributed by atoms with Gasteiger partial charge in [0, 0.05) is 43.1 Å². The van der Waals surface area contributed by atoms with Gasteiger partial charge in [0.2, 0.25) is 0 Å². The summed E-state index contributed by atoms with van der Waals surface area (Å²) >= 11 is 1.70. The number of rotatable bonds is 7. The molecular weight excluding hydrogens is 386 g/mol. The zero-order valence-corrected chi connectivity index (χ0v) is 17.3. The number of carbonyl (C=O) groups is 1. The molecule has 29 heavy (non-hydrogen) atoms. The molecule has 0 spiro atoms. The van der Waals surface area contributed by atoms with E-state index in [1.165, 1.54) is 0 Å². The Hall–Kier alpha value is -2.09. The van der Waals surface area contributed by atoms with Crippen LogP contribution in [0.2, 0.25) is 0 Å². The summed E-state index contributed by atoms with van der Waals surface area (Å²) in [6.07, 6.45) is 4.37. The topological polar surface area (TPSA) is 63.7 Å². The van der Waals surface area contributed by atoms with E-state index in [9.17, 15) is 4.79 Å². The molecule has 0 unspecified atom stereocenters. The fourth-order valence-corrected chi connectivity index (χ4v) is 4.64. The van der Waals surface area contributed by atoms with Gasteiger partial charge in [0.05, 0.1) is 24.9 Å². The zero-order chi connectivity index (χ0) is 19.9. The molecule has 0 radical (unpaired) electrons. The molecule has 0 saturated carbocycles. The minimum absolute atomic E-state index is 0.0577. The third-order valence-electron chi connectivity index (χ3n) is 5.18. The van der Waals surface area contributed by atoms with Gasteiger partial charge < -0.3 is 19.7 Å². The molecular formula is C22H27N3O3S. The second-order valence-corrected chi connectivity index (χ2v) is 8.31. The van der Waals surface area contributed by atoms with Crippen molar-refractivity contribution in [3.05, 3.63) is 53.7 Å². The molecule has 2 saturated heterocycles. The average Bonchev–Trinajstić information content (AvgIpc) is 3.31. The number of nitrogens with one attached hydrogen (secondary N) is 1. The maximum Gasteiger partial charge on any atom is 0.252 e. The lowest BCUT2D eigenvalue weighted by Crippen LogP contribution is -2.36. The number of hydrogen-bond donors (Lipinski definition) is 1. The fraction of sp³-hybridized carbons (Fsp3) is 0.455. The van der Waals surface area contributed by atoms with Crippen LogP contribution in [0.4, 0.5) is 5.82 Å². The first-order valence-corrected chi connectivity index (χ1v) is 11.2. The van der Waals surface area contributed by atoms with Gasteiger partial charge in [0.15, 0.2) is 0 Å². The van der Waals surface area contributed by atoms with Crippen LogP contribution in [-0.2, 0) is 16.0 Å². The van der Waals surface area contributed by atoms with Crippen molar-refractivity contribution in [3.63, 3.8) is 0 Å². The van der Waals surface area contributed by atoms with Crippen LogP contribution < -0.4 is 10.2 Å². The monoisotopic (exact) mass is 413 g/mol. The molecule has 1 aromatic heterocycles. The Morgan fingerprint density at radius 1 is 1.17 bits per heavy atom. The second-order valence-electron chi connectivity index (χ2n) is 7.25. The number of amides is 1. The minimum atomic E-state index is -0.0577. The lowest BCUT2D eigenvalue weighted by atomic mass is 10.2. The molecule has 1 atom stereocenters. The number of nitrogens with zero attached hydrogens (tertiary/aromatic N) is 2. The quantitative estimate of drug-likeness (QED) is 0.704. The lowest BCUT2D eigenvalue weighted by molar-refractivity contribution is 0.0947. The van der Waals surface area contributed by atoms with Crippen molar-refractivity contribution in [1.29, 1.82) is 0 Å². The van der Waals surface area contributed by atoms with Crippen LogP contribution in [-0.4, -0.2) is 55.7 Å². The lowest BCUT2D eigenvalue weighted by Gasteiger charge is -2.27. The van der Waals surface area contributed by atoms with Gasteiger partial charge in [-0.25, -0.2) is 4.98 Å². The van der Waals surface area contributed by atoms with Gasteiger partial charge >= 0.3 is 0 Å². The molecule has 1 N–H and O–H groups in total. The van der Waals surface area contributed by atoms with Crippen molar-refractivity contribution in [2.24, 2.45) is 0 Å². The number of aromatic nitrogens is 1. The smallest absolute Gasteiger partial charge is 0.252 e. The highest BCUT2D eigenvalue weighted by Gasteiger charge is 2.18. The normalized spacial score (nSPS) is 19.3. The maximum absolute atomic E-state index is 12.8. The second kappa shape index (κ2) is 10.1. The molecule has 3 heterocycles. The SMILES string of the molecule is O=C(NCc1ccc(N2CCOCC2)nc1)c1ccccc1SC[C@H]1CCCO1. The summed E-state index contributed by atoms with van der Waals surface area (Å²) in [5.41, 5.74) is 1.70. The summed E-state index contributed by atoms with van der Waals surface area (Å²) in [4.78, 5) is 20.5. The Balaban J connectivity index is 1.32. The molecule has 4 rings (SSSR count). The number of thioether (sulfide) groups is 1. The van der Waals surface area contributed by atoms with E-state index in [0.29, 0.717) is 18.2 Å². The predicted molar refractivity (Wildman–Crippen MR) is 115 cm³/mol. The first kappa shape index (κ1) is 20.2. The summed E-state index contributed by atoms with van der Waals surface area (Å²) in [5.74, 6) is 1.79. The van der Waals surface area contributed by atoms with E-state index < -0.39 is 0 Å². The number of carbonyl (C=O) groups excluding carboxylic acids is 1. The van der Waals surface area contributed by atoms with Gasteiger partial charge in [-0.1, -0.05) is 18.2 Å². The zero-order valence-electron chi connectivity index (χ0n) is 16.5. The molecule has 2 fully saturated rings. The standard InChI is InChI=1S/C22H27N3O3S/c26-22(19-5-1-2-6-20(19)29-16-18-4-3-11-28-18)24-15-17-7-8-21(23-14-17)25-9-12-27-13-10-25/h1-2,5-8,14,18H,3-4,9-13,15-16H2,(H,24,26)/t18-/m1/s1. The van der Waals surface area contributed by atoms with E-state index in [2.05, 4.69) is 15.2 Å². The Bertz CT molecular complexity index is 803. The average molecular weight is 414 g/mol. The van der Waals surface area contributed by atoms with E-state index in [4.69, 9.17) is 9.47 Å². The van der Waals surface area contributed by atoms with Crippen LogP contribution in [0.1, 0.15) is 28.8 Å². The summed E-state index contributed by atoms with van der Waals surface area (Å²) < 4.78 is 11.1. The van der Waals surface area contributed by atoms with Gasteiger partial charge in [0.1, 0.15) is 5.82 Å². The van der Waals surface area contributed by atoms with Gasteiger partial charge in [0.25, 0.3) is 5.91 Å². The predicted octanol–water partition coefficient (Wildman–Crippen LogP) is 3.12. The molecule has 6 nitrogen and oxygen atoms in total. The van der Waals surface area contributed by atoms with Crippen molar-refractivity contribution < 1.29 is 14.3 Å². The Kier molecular flexibility index (Phi) is 7.03. The number of pyridine rings is 1. The van der Waals surface area contributed by atoms with E-state index in [0.717, 1.165) is 67.8 Å². The summed E-state index contributed by atoms with van der Waals surface area (Å²) in [5, 5.41) is 3.03. The summed E-state index contributed by atoms with van der Waals surface area (Å²) in [6, 6.07) is 11.8. The summed E-state index contributed by atoms with van der Waals surface area (Å²) in [7, 11) is 0. The minimum Gasteiger partial charge on any atom is -0.378 e. The molecule has 154 valence electrons. The first-order valence-electron chi connectivity index (χ1n) is 10.2. The number of morpholine rings is 1.